The third kappa shape index (κ3) is 8.38. The number of hydrogen-bond donors (Lipinski definition) is 1. The Kier molecular flexibility index (Phi) is 12.0. The lowest BCUT2D eigenvalue weighted by molar-refractivity contribution is -0.156. The Morgan fingerprint density at radius 2 is 1.50 bits per heavy atom. The van der Waals surface area contributed by atoms with Crippen LogP contribution in [0.3, 0.4) is 0 Å². The second-order valence-corrected chi connectivity index (χ2v) is 15.8. The third-order valence-corrected chi connectivity index (χ3v) is 10.9. The number of carbonyl (C=O) groups excluding carboxylic acids is 2. The molecule has 0 radical (unpaired) electrons. The summed E-state index contributed by atoms with van der Waals surface area (Å²) in [5, 5.41) is 11.5. The van der Waals surface area contributed by atoms with E-state index in [1.807, 2.05) is 45.0 Å². The van der Waals surface area contributed by atoms with Crippen molar-refractivity contribution in [2.24, 2.45) is 17.8 Å². The maximum Gasteiger partial charge on any atom is 0.423 e. The molecule has 0 unspecified atom stereocenters. The Hall–Kier alpha value is -3.80. The Labute approximate surface area is 299 Å². The van der Waals surface area contributed by atoms with Crippen LogP contribution in [-0.4, -0.2) is 17.0 Å². The maximum absolute atomic E-state index is 13.8. The van der Waals surface area contributed by atoms with Crippen LogP contribution in [0, 0.1) is 24.7 Å². The van der Waals surface area contributed by atoms with Crippen molar-refractivity contribution in [1.29, 1.82) is 0 Å². The van der Waals surface area contributed by atoms with Crippen LogP contribution in [0.4, 0.5) is 0 Å². The Morgan fingerprint density at radius 3 is 2.14 bits per heavy atom. The highest BCUT2D eigenvalue weighted by Crippen LogP contribution is 2.52. The Morgan fingerprint density at radius 1 is 0.880 bits per heavy atom. The minimum atomic E-state index is -1.10. The number of hydrogen-bond acceptors (Lipinski definition) is 6. The zero-order valence-electron chi connectivity index (χ0n) is 31.6. The largest absolute Gasteiger partial charge is 0.508 e. The smallest absolute Gasteiger partial charge is 0.423 e. The van der Waals surface area contributed by atoms with E-state index < -0.39 is 17.5 Å². The summed E-state index contributed by atoms with van der Waals surface area (Å²) in [5.41, 5.74) is 5.55. The van der Waals surface area contributed by atoms with E-state index in [0.717, 1.165) is 98.4 Å². The molecule has 270 valence electrons. The van der Waals surface area contributed by atoms with Gasteiger partial charge in [-0.15, -0.1) is 0 Å². The van der Waals surface area contributed by atoms with Crippen molar-refractivity contribution in [3.8, 4) is 34.1 Å². The van der Waals surface area contributed by atoms with Gasteiger partial charge in [0.25, 0.3) is 0 Å². The number of rotatable bonds is 12. The quantitative estimate of drug-likeness (QED) is 0.0886. The Bertz CT molecular complexity index is 1680. The maximum atomic E-state index is 13.8. The van der Waals surface area contributed by atoms with Crippen LogP contribution in [0.25, 0.3) is 11.1 Å². The summed E-state index contributed by atoms with van der Waals surface area (Å²) in [6, 6.07) is 13.8. The number of ether oxygens (including phenoxy) is 3. The van der Waals surface area contributed by atoms with Crippen molar-refractivity contribution in [3.05, 3.63) is 70.3 Å². The van der Waals surface area contributed by atoms with Crippen LogP contribution in [0.1, 0.15) is 140 Å². The molecule has 3 atom stereocenters. The van der Waals surface area contributed by atoms with Crippen molar-refractivity contribution < 1.29 is 28.9 Å². The van der Waals surface area contributed by atoms with E-state index in [4.69, 9.17) is 14.2 Å². The summed E-state index contributed by atoms with van der Waals surface area (Å²) >= 11 is 0. The molecule has 5 rings (SSSR count). The van der Waals surface area contributed by atoms with Crippen molar-refractivity contribution >= 4 is 11.9 Å². The fraction of sp³-hybridized carbons (Fsp3) is 0.545. The average Bonchev–Trinajstić information content (AvgIpc) is 3.04. The summed E-state index contributed by atoms with van der Waals surface area (Å²) in [5.74, 6) is 0.318. The molecule has 1 aliphatic carbocycles. The fourth-order valence-electron chi connectivity index (χ4n) is 8.18. The van der Waals surface area contributed by atoms with Crippen molar-refractivity contribution in [2.45, 2.75) is 138 Å². The van der Waals surface area contributed by atoms with Gasteiger partial charge in [0.2, 0.25) is 0 Å². The number of phenolic OH excluding ortho intramolecular Hbond substituents is 1. The van der Waals surface area contributed by atoms with Crippen molar-refractivity contribution in [1.82, 2.24) is 0 Å². The first-order valence-electron chi connectivity index (χ1n) is 19.1. The first-order chi connectivity index (χ1) is 23.8. The molecule has 1 aliphatic heterocycles. The van der Waals surface area contributed by atoms with E-state index in [9.17, 15) is 14.7 Å². The minimum absolute atomic E-state index is 0.00864. The highest BCUT2D eigenvalue weighted by Gasteiger charge is 2.38. The van der Waals surface area contributed by atoms with E-state index in [1.54, 1.807) is 0 Å². The molecule has 3 aromatic carbocycles. The lowest BCUT2D eigenvalue weighted by Gasteiger charge is -2.38. The van der Waals surface area contributed by atoms with Gasteiger partial charge in [-0.2, -0.15) is 0 Å². The molecule has 0 bridgehead atoms. The molecule has 1 N–H and O–H groups in total. The zero-order valence-corrected chi connectivity index (χ0v) is 31.6. The van der Waals surface area contributed by atoms with Gasteiger partial charge >= 0.3 is 11.9 Å². The topological polar surface area (TPSA) is 82.1 Å². The highest BCUT2D eigenvalue weighted by atomic mass is 16.6. The molecule has 6 heteroatoms. The SMILES string of the molecule is CCCCCc1cc(OC(=O)C(=O)Oc2cc(CCCCC)cc(O)c2[C@@H]2C[C@H](C)CC[C@H]2C(C)C)c2c(c1)OC(C)(C)c1ccc(C)cc1-2. The molecule has 1 saturated carbocycles. The van der Waals surface area contributed by atoms with Crippen molar-refractivity contribution in [2.75, 3.05) is 0 Å². The minimum Gasteiger partial charge on any atom is -0.508 e. The standard InChI is InChI=1S/C44H58O6/c1-9-11-13-15-30-23-36(45)40(33-21-28(5)17-19-32(33)27(3)4)37(24-30)48-42(46)43(47)49-38-25-31(16-14-12-10-2)26-39-41(38)34-22-29(6)18-20-35(34)44(7,8)50-39/h18,20,22-28,32-33,45H,9-17,19,21H2,1-8H3/t28-,32+,33-/m1/s1. The van der Waals surface area contributed by atoms with Gasteiger partial charge in [0.15, 0.2) is 0 Å². The molecule has 0 saturated heterocycles. The number of benzene rings is 3. The van der Waals surface area contributed by atoms with E-state index in [1.165, 1.54) is 0 Å². The molecule has 3 aromatic rings. The molecule has 1 fully saturated rings. The number of fused-ring (bicyclic) bond motifs is 3. The molecule has 0 amide bonds. The lowest BCUT2D eigenvalue weighted by Crippen LogP contribution is -2.31. The second kappa shape index (κ2) is 16.0. The second-order valence-electron chi connectivity index (χ2n) is 15.8. The van der Waals surface area contributed by atoms with Crippen LogP contribution in [0.15, 0.2) is 42.5 Å². The summed E-state index contributed by atoms with van der Waals surface area (Å²) in [6.45, 7) is 17.1. The van der Waals surface area contributed by atoms with Gasteiger partial charge in [-0.05, 0) is 124 Å². The number of aromatic hydroxyl groups is 1. The van der Waals surface area contributed by atoms with Crippen LogP contribution in [0.2, 0.25) is 0 Å². The van der Waals surface area contributed by atoms with Crippen molar-refractivity contribution in [3.63, 3.8) is 0 Å². The number of carbonyl (C=O) groups is 2. The van der Waals surface area contributed by atoms with Crippen LogP contribution in [0.5, 0.6) is 23.0 Å². The lowest BCUT2D eigenvalue weighted by atomic mass is 9.67. The Balaban J connectivity index is 1.51. The predicted molar refractivity (Wildman–Crippen MR) is 200 cm³/mol. The third-order valence-electron chi connectivity index (χ3n) is 10.9. The van der Waals surface area contributed by atoms with E-state index in [-0.39, 0.29) is 23.2 Å². The molecule has 0 spiro atoms. The normalized spacial score (nSPS) is 19.3. The average molecular weight is 683 g/mol. The zero-order chi connectivity index (χ0) is 36.2. The van der Waals surface area contributed by atoms with Gasteiger partial charge in [-0.1, -0.05) is 90.5 Å². The van der Waals surface area contributed by atoms with E-state index in [0.29, 0.717) is 34.6 Å². The summed E-state index contributed by atoms with van der Waals surface area (Å²) in [6.07, 6.45) is 10.8. The van der Waals surface area contributed by atoms with Crippen LogP contribution >= 0.6 is 0 Å². The van der Waals surface area contributed by atoms with Gasteiger partial charge in [0.1, 0.15) is 28.6 Å². The monoisotopic (exact) mass is 682 g/mol. The fourth-order valence-corrected chi connectivity index (χ4v) is 8.18. The molecular weight excluding hydrogens is 624 g/mol. The first-order valence-corrected chi connectivity index (χ1v) is 19.1. The molecule has 0 aromatic heterocycles. The summed E-state index contributed by atoms with van der Waals surface area (Å²) in [7, 11) is 0. The van der Waals surface area contributed by atoms with Gasteiger partial charge in [-0.3, -0.25) is 0 Å². The number of phenols is 1. The van der Waals surface area contributed by atoms with Gasteiger partial charge in [-0.25, -0.2) is 9.59 Å². The van der Waals surface area contributed by atoms with Gasteiger partial charge in [0, 0.05) is 11.1 Å². The number of aryl methyl sites for hydroxylation is 3. The van der Waals surface area contributed by atoms with Crippen LogP contribution < -0.4 is 14.2 Å². The van der Waals surface area contributed by atoms with Gasteiger partial charge < -0.3 is 19.3 Å². The van der Waals surface area contributed by atoms with Gasteiger partial charge in [0.05, 0.1) is 5.56 Å². The predicted octanol–water partition coefficient (Wildman–Crippen LogP) is 11.1. The van der Waals surface area contributed by atoms with E-state index in [2.05, 4.69) is 52.8 Å². The van der Waals surface area contributed by atoms with E-state index >= 15 is 0 Å². The molecule has 6 nitrogen and oxygen atoms in total. The molecule has 50 heavy (non-hydrogen) atoms. The highest BCUT2D eigenvalue weighted by molar-refractivity contribution is 6.31. The number of unbranched alkanes of at least 4 members (excludes halogenated alkanes) is 4. The van der Waals surface area contributed by atoms with Crippen LogP contribution in [-0.2, 0) is 28.0 Å². The number of esters is 2. The molecular formula is C44H58O6. The summed E-state index contributed by atoms with van der Waals surface area (Å²) < 4.78 is 18.6. The summed E-state index contributed by atoms with van der Waals surface area (Å²) in [4.78, 5) is 27.5. The molecule has 1 heterocycles. The first kappa shape index (κ1) is 37.5. The molecule has 2 aliphatic rings.